The highest BCUT2D eigenvalue weighted by Crippen LogP contribution is 2.19. The van der Waals surface area contributed by atoms with E-state index in [1.54, 1.807) is 41.4 Å². The van der Waals surface area contributed by atoms with Crippen LogP contribution in [0.25, 0.3) is 6.08 Å². The second-order valence-electron chi connectivity index (χ2n) is 6.92. The van der Waals surface area contributed by atoms with Crippen LogP contribution in [0.4, 0.5) is 5.82 Å². The van der Waals surface area contributed by atoms with E-state index in [2.05, 4.69) is 31.5 Å². The molecule has 0 saturated carbocycles. The molecule has 1 unspecified atom stereocenters. The largest absolute Gasteiger partial charge is 0.465 e. The van der Waals surface area contributed by atoms with Gasteiger partial charge in [-0.1, -0.05) is 0 Å². The zero-order valence-electron chi connectivity index (χ0n) is 16.3. The quantitative estimate of drug-likeness (QED) is 0.600. The van der Waals surface area contributed by atoms with Crippen molar-refractivity contribution in [3.05, 3.63) is 53.0 Å². The van der Waals surface area contributed by atoms with Gasteiger partial charge in [0.2, 0.25) is 17.7 Å². The van der Waals surface area contributed by atoms with Crippen molar-refractivity contribution >= 4 is 45.5 Å². The summed E-state index contributed by atoms with van der Waals surface area (Å²) in [6.07, 6.45) is 7.73. The fourth-order valence-electron chi connectivity index (χ4n) is 3.15. The van der Waals surface area contributed by atoms with E-state index in [-0.39, 0.29) is 36.6 Å². The molecule has 1 aliphatic heterocycles. The first-order valence-corrected chi connectivity index (χ1v) is 10.5. The Bertz CT molecular complexity index is 896. The highest BCUT2D eigenvalue weighted by atomic mass is 79.9. The van der Waals surface area contributed by atoms with Crippen molar-refractivity contribution in [3.63, 3.8) is 0 Å². The molecule has 0 bridgehead atoms. The average molecular weight is 475 g/mol. The molecule has 8 nitrogen and oxygen atoms in total. The predicted molar refractivity (Wildman–Crippen MR) is 115 cm³/mol. The summed E-state index contributed by atoms with van der Waals surface area (Å²) in [6, 6.07) is 7.00. The lowest BCUT2D eigenvalue weighted by Crippen LogP contribution is -2.44. The summed E-state index contributed by atoms with van der Waals surface area (Å²) in [7, 11) is 0. The number of carbonyl (C=O) groups is 3. The molecule has 158 valence electrons. The molecule has 3 heterocycles. The van der Waals surface area contributed by atoms with E-state index in [0.717, 1.165) is 17.3 Å². The van der Waals surface area contributed by atoms with Crippen LogP contribution in [0.3, 0.4) is 0 Å². The molecule has 2 aromatic heterocycles. The van der Waals surface area contributed by atoms with Gasteiger partial charge in [-0.2, -0.15) is 0 Å². The van der Waals surface area contributed by atoms with E-state index in [4.69, 9.17) is 4.42 Å². The Balaban J connectivity index is 1.41. The lowest BCUT2D eigenvalue weighted by Gasteiger charge is -2.32. The van der Waals surface area contributed by atoms with E-state index in [1.165, 1.54) is 12.3 Å². The number of likely N-dealkylation sites (tertiary alicyclic amines) is 1. The van der Waals surface area contributed by atoms with Crippen molar-refractivity contribution in [3.8, 4) is 0 Å². The van der Waals surface area contributed by atoms with Crippen molar-refractivity contribution in [1.29, 1.82) is 0 Å². The minimum atomic E-state index is -0.294. The third-order valence-electron chi connectivity index (χ3n) is 4.70. The van der Waals surface area contributed by atoms with Crippen LogP contribution < -0.4 is 10.6 Å². The van der Waals surface area contributed by atoms with Crippen LogP contribution in [0.5, 0.6) is 0 Å². The normalized spacial score (nSPS) is 16.4. The van der Waals surface area contributed by atoms with E-state index < -0.39 is 0 Å². The zero-order valence-corrected chi connectivity index (χ0v) is 17.9. The van der Waals surface area contributed by atoms with Gasteiger partial charge in [0, 0.05) is 42.8 Å². The minimum Gasteiger partial charge on any atom is -0.465 e. The maximum atomic E-state index is 12.5. The maximum Gasteiger partial charge on any atom is 0.244 e. The van der Waals surface area contributed by atoms with E-state index in [0.29, 0.717) is 24.7 Å². The first-order valence-electron chi connectivity index (χ1n) is 9.71. The third kappa shape index (κ3) is 6.55. The number of anilines is 1. The lowest BCUT2D eigenvalue weighted by atomic mass is 9.97. The fourth-order valence-corrected chi connectivity index (χ4v) is 3.38. The molecular formula is C21H23BrN4O4. The number of hydrogen-bond acceptors (Lipinski definition) is 5. The Morgan fingerprint density at radius 3 is 2.90 bits per heavy atom. The van der Waals surface area contributed by atoms with Crippen LogP contribution in [-0.2, 0) is 14.4 Å². The van der Waals surface area contributed by atoms with Gasteiger partial charge in [-0.05, 0) is 59.1 Å². The number of aromatic nitrogens is 1. The molecule has 1 aliphatic rings. The van der Waals surface area contributed by atoms with Crippen LogP contribution in [-0.4, -0.2) is 47.2 Å². The van der Waals surface area contributed by atoms with E-state index >= 15 is 0 Å². The lowest BCUT2D eigenvalue weighted by molar-refractivity contribution is -0.134. The van der Waals surface area contributed by atoms with Crippen molar-refractivity contribution in [1.82, 2.24) is 15.2 Å². The number of amides is 3. The summed E-state index contributed by atoms with van der Waals surface area (Å²) in [5, 5.41) is 5.48. The SMILES string of the molecule is O=C(C=Cc1ccco1)NCCC(=O)N1CCCC(C(=O)Nc2ccc(Br)cn2)C1. The Hall–Kier alpha value is -2.94. The van der Waals surface area contributed by atoms with Crippen LogP contribution in [0.2, 0.25) is 0 Å². The highest BCUT2D eigenvalue weighted by molar-refractivity contribution is 9.10. The van der Waals surface area contributed by atoms with Crippen molar-refractivity contribution in [2.45, 2.75) is 19.3 Å². The Morgan fingerprint density at radius 2 is 2.17 bits per heavy atom. The van der Waals surface area contributed by atoms with Crippen LogP contribution >= 0.6 is 15.9 Å². The molecule has 2 N–H and O–H groups in total. The maximum absolute atomic E-state index is 12.5. The number of rotatable bonds is 7. The summed E-state index contributed by atoms with van der Waals surface area (Å²) in [4.78, 5) is 42.6. The van der Waals surface area contributed by atoms with Crippen molar-refractivity contribution < 1.29 is 18.8 Å². The first-order chi connectivity index (χ1) is 14.5. The monoisotopic (exact) mass is 474 g/mol. The van der Waals surface area contributed by atoms with Gasteiger partial charge < -0.3 is 20.0 Å². The van der Waals surface area contributed by atoms with E-state index in [1.807, 2.05) is 0 Å². The Morgan fingerprint density at radius 1 is 1.30 bits per heavy atom. The molecule has 1 fully saturated rings. The van der Waals surface area contributed by atoms with Gasteiger partial charge in [-0.25, -0.2) is 4.98 Å². The molecular weight excluding hydrogens is 452 g/mol. The second-order valence-corrected chi connectivity index (χ2v) is 7.84. The number of pyridine rings is 1. The van der Waals surface area contributed by atoms with Gasteiger partial charge in [0.15, 0.2) is 0 Å². The van der Waals surface area contributed by atoms with Crippen molar-refractivity contribution in [2.75, 3.05) is 25.0 Å². The smallest absolute Gasteiger partial charge is 0.244 e. The molecule has 30 heavy (non-hydrogen) atoms. The number of nitrogens with zero attached hydrogens (tertiary/aromatic N) is 2. The molecule has 1 atom stereocenters. The Kier molecular flexibility index (Phi) is 7.78. The molecule has 3 rings (SSSR count). The van der Waals surface area contributed by atoms with Gasteiger partial charge in [0.25, 0.3) is 0 Å². The number of hydrogen-bond donors (Lipinski definition) is 2. The topological polar surface area (TPSA) is 105 Å². The van der Waals surface area contributed by atoms with Gasteiger partial charge in [-0.15, -0.1) is 0 Å². The molecule has 0 aromatic carbocycles. The third-order valence-corrected chi connectivity index (χ3v) is 5.17. The zero-order chi connectivity index (χ0) is 21.3. The van der Waals surface area contributed by atoms with Crippen molar-refractivity contribution in [2.24, 2.45) is 5.92 Å². The number of piperidine rings is 1. The molecule has 2 aromatic rings. The molecule has 0 radical (unpaired) electrons. The molecule has 9 heteroatoms. The van der Waals surface area contributed by atoms with Gasteiger partial charge >= 0.3 is 0 Å². The minimum absolute atomic E-state index is 0.0791. The second kappa shape index (κ2) is 10.7. The van der Waals surface area contributed by atoms with E-state index in [9.17, 15) is 14.4 Å². The number of carbonyl (C=O) groups excluding carboxylic acids is 3. The molecule has 0 spiro atoms. The predicted octanol–water partition coefficient (Wildman–Crippen LogP) is 2.83. The highest BCUT2D eigenvalue weighted by Gasteiger charge is 2.28. The molecule has 0 aliphatic carbocycles. The standard InChI is InChI=1S/C21H23BrN4O4/c22-16-5-7-18(24-13-16)25-21(29)15-3-1-11-26(14-15)20(28)9-10-23-19(27)8-6-17-4-2-12-30-17/h2,4-8,12-13,15H,1,3,9-11,14H2,(H,23,27)(H,24,25,29). The fraction of sp³-hybridized carbons (Fsp3) is 0.333. The van der Waals surface area contributed by atoms with Crippen LogP contribution in [0.15, 0.2) is 51.7 Å². The number of nitrogens with one attached hydrogen (secondary N) is 2. The number of furan rings is 1. The van der Waals surface area contributed by atoms with Crippen LogP contribution in [0.1, 0.15) is 25.0 Å². The average Bonchev–Trinajstić information content (AvgIpc) is 3.27. The summed E-state index contributed by atoms with van der Waals surface area (Å²) in [5.74, 6) is 0.272. The summed E-state index contributed by atoms with van der Waals surface area (Å²) in [6.45, 7) is 1.22. The van der Waals surface area contributed by atoms with Gasteiger partial charge in [-0.3, -0.25) is 14.4 Å². The molecule has 3 amide bonds. The Labute approximate surface area is 182 Å². The summed E-state index contributed by atoms with van der Waals surface area (Å²) >= 11 is 3.31. The number of halogens is 1. The summed E-state index contributed by atoms with van der Waals surface area (Å²) < 4.78 is 5.94. The molecule has 1 saturated heterocycles. The van der Waals surface area contributed by atoms with Gasteiger partial charge in [0.05, 0.1) is 12.2 Å². The van der Waals surface area contributed by atoms with Crippen LogP contribution in [0, 0.1) is 5.92 Å². The first kappa shape index (κ1) is 21.8. The van der Waals surface area contributed by atoms with Gasteiger partial charge in [0.1, 0.15) is 11.6 Å². The summed E-state index contributed by atoms with van der Waals surface area (Å²) in [5.41, 5.74) is 0.